The van der Waals surface area contributed by atoms with Gasteiger partial charge < -0.3 is 14.8 Å². The van der Waals surface area contributed by atoms with Gasteiger partial charge in [0.05, 0.1) is 13.2 Å². The van der Waals surface area contributed by atoms with E-state index in [1.54, 1.807) is 36.4 Å². The van der Waals surface area contributed by atoms with Gasteiger partial charge in [-0.15, -0.1) is 0 Å². The molecule has 1 aliphatic rings. The lowest BCUT2D eigenvalue weighted by molar-refractivity contribution is -0.123. The van der Waals surface area contributed by atoms with Crippen LogP contribution in [0.4, 0.5) is 13.6 Å². The number of hydrogen-bond acceptors (Lipinski definition) is 4. The summed E-state index contributed by atoms with van der Waals surface area (Å²) in [5.41, 5.74) is 1.57. The first-order valence-electron chi connectivity index (χ1n) is 10.7. The Morgan fingerprint density at radius 3 is 2.53 bits per heavy atom. The molecule has 0 radical (unpaired) electrons. The summed E-state index contributed by atoms with van der Waals surface area (Å²) in [5, 5.41) is 2.53. The van der Waals surface area contributed by atoms with E-state index in [-0.39, 0.29) is 30.2 Å². The van der Waals surface area contributed by atoms with Gasteiger partial charge in [-0.3, -0.25) is 9.69 Å². The molecule has 8 heteroatoms. The smallest absolute Gasteiger partial charge is 0.329 e. The van der Waals surface area contributed by atoms with E-state index in [1.807, 2.05) is 6.92 Å². The highest BCUT2D eigenvalue weighted by atomic mass is 19.1. The number of nitrogens with zero attached hydrogens (tertiary/aromatic N) is 1. The molecule has 0 atom stereocenters. The van der Waals surface area contributed by atoms with Crippen LogP contribution in [0.15, 0.2) is 72.4 Å². The third-order valence-electron chi connectivity index (χ3n) is 5.11. The molecular formula is C26H22F2N2O4. The lowest BCUT2D eigenvalue weighted by Gasteiger charge is -2.13. The van der Waals surface area contributed by atoms with Crippen LogP contribution in [0.3, 0.4) is 0 Å². The fourth-order valence-corrected chi connectivity index (χ4v) is 3.47. The number of urea groups is 1. The van der Waals surface area contributed by atoms with Crippen LogP contribution in [-0.4, -0.2) is 23.4 Å². The van der Waals surface area contributed by atoms with Crippen LogP contribution < -0.4 is 14.8 Å². The molecule has 6 nitrogen and oxygen atoms in total. The van der Waals surface area contributed by atoms with Crippen LogP contribution in [0.1, 0.15) is 23.6 Å². The molecule has 0 spiro atoms. The lowest BCUT2D eigenvalue weighted by Crippen LogP contribution is -2.30. The minimum atomic E-state index is -0.625. The highest BCUT2D eigenvalue weighted by Crippen LogP contribution is 2.30. The molecule has 3 amide bonds. The third-order valence-corrected chi connectivity index (χ3v) is 5.11. The van der Waals surface area contributed by atoms with Crippen molar-refractivity contribution in [2.24, 2.45) is 0 Å². The molecule has 0 aliphatic carbocycles. The number of carbonyl (C=O) groups is 2. The van der Waals surface area contributed by atoms with Gasteiger partial charge in [0.1, 0.15) is 23.9 Å². The Balaban J connectivity index is 1.51. The number of carbonyl (C=O) groups excluding carboxylic acids is 2. The van der Waals surface area contributed by atoms with E-state index < -0.39 is 17.8 Å². The molecule has 3 aromatic rings. The van der Waals surface area contributed by atoms with E-state index in [0.29, 0.717) is 29.2 Å². The number of ether oxygens (including phenoxy) is 2. The summed E-state index contributed by atoms with van der Waals surface area (Å²) < 4.78 is 38.8. The molecule has 1 heterocycles. The first kappa shape index (κ1) is 23.0. The Hall–Kier alpha value is -4.20. The van der Waals surface area contributed by atoms with Crippen molar-refractivity contribution in [3.8, 4) is 11.5 Å². The molecule has 4 rings (SSSR count). The summed E-state index contributed by atoms with van der Waals surface area (Å²) in [5.74, 6) is -0.502. The van der Waals surface area contributed by atoms with Gasteiger partial charge in [-0.05, 0) is 54.5 Å². The summed E-state index contributed by atoms with van der Waals surface area (Å²) in [7, 11) is 0. The molecule has 0 unspecified atom stereocenters. The number of nitrogens with one attached hydrogen (secondary N) is 1. The zero-order valence-corrected chi connectivity index (χ0v) is 18.4. The van der Waals surface area contributed by atoms with Crippen LogP contribution in [0.25, 0.3) is 6.08 Å². The highest BCUT2D eigenvalue weighted by molar-refractivity contribution is 6.13. The van der Waals surface area contributed by atoms with E-state index in [1.165, 1.54) is 36.4 Å². The van der Waals surface area contributed by atoms with E-state index in [9.17, 15) is 18.4 Å². The zero-order chi connectivity index (χ0) is 24.1. The van der Waals surface area contributed by atoms with Crippen molar-refractivity contribution in [2.75, 3.05) is 6.61 Å². The summed E-state index contributed by atoms with van der Waals surface area (Å²) in [4.78, 5) is 26.0. The van der Waals surface area contributed by atoms with E-state index in [2.05, 4.69) is 5.32 Å². The maximum Gasteiger partial charge on any atom is 0.329 e. The van der Waals surface area contributed by atoms with Crippen LogP contribution in [0, 0.1) is 11.6 Å². The van der Waals surface area contributed by atoms with E-state index in [0.717, 1.165) is 4.90 Å². The average Bonchev–Trinajstić information content (AvgIpc) is 3.07. The lowest BCUT2D eigenvalue weighted by atomic mass is 10.1. The van der Waals surface area contributed by atoms with Gasteiger partial charge in [0, 0.05) is 5.56 Å². The summed E-state index contributed by atoms with van der Waals surface area (Å²) in [6.07, 6.45) is 1.51. The van der Waals surface area contributed by atoms with Gasteiger partial charge in [-0.25, -0.2) is 13.6 Å². The van der Waals surface area contributed by atoms with Gasteiger partial charge in [0.2, 0.25) is 0 Å². The predicted octanol–water partition coefficient (Wildman–Crippen LogP) is 5.04. The number of halogens is 2. The highest BCUT2D eigenvalue weighted by Gasteiger charge is 2.34. The molecule has 1 fully saturated rings. The van der Waals surface area contributed by atoms with Crippen LogP contribution in [0.5, 0.6) is 11.5 Å². The minimum Gasteiger partial charge on any atom is -0.490 e. The third kappa shape index (κ3) is 5.23. The van der Waals surface area contributed by atoms with Crippen molar-refractivity contribution >= 4 is 18.0 Å². The number of benzene rings is 3. The van der Waals surface area contributed by atoms with Gasteiger partial charge in [0.15, 0.2) is 11.5 Å². The van der Waals surface area contributed by atoms with Gasteiger partial charge >= 0.3 is 6.03 Å². The van der Waals surface area contributed by atoms with E-state index >= 15 is 0 Å². The van der Waals surface area contributed by atoms with Crippen LogP contribution in [-0.2, 0) is 17.9 Å². The molecule has 0 saturated carbocycles. The molecular weight excluding hydrogens is 442 g/mol. The predicted molar refractivity (Wildman–Crippen MR) is 122 cm³/mol. The summed E-state index contributed by atoms with van der Waals surface area (Å²) in [6, 6.07) is 16.5. The molecule has 174 valence electrons. The Labute approximate surface area is 195 Å². The van der Waals surface area contributed by atoms with Gasteiger partial charge in [-0.2, -0.15) is 0 Å². The number of amides is 3. The minimum absolute atomic E-state index is 0.0669. The van der Waals surface area contributed by atoms with E-state index in [4.69, 9.17) is 9.47 Å². The fourth-order valence-electron chi connectivity index (χ4n) is 3.47. The van der Waals surface area contributed by atoms with Crippen molar-refractivity contribution in [3.63, 3.8) is 0 Å². The normalized spacial score (nSPS) is 14.4. The molecule has 1 N–H and O–H groups in total. The Kier molecular flexibility index (Phi) is 6.87. The van der Waals surface area contributed by atoms with Crippen LogP contribution in [0.2, 0.25) is 0 Å². The molecule has 0 aromatic heterocycles. The SMILES string of the molecule is CCOc1cc(/C=C2/NC(=O)N(Cc3ccccc3F)C2=O)ccc1OCc1cccc(F)c1. The largest absolute Gasteiger partial charge is 0.490 e. The van der Waals surface area contributed by atoms with Crippen molar-refractivity contribution in [1.29, 1.82) is 0 Å². The van der Waals surface area contributed by atoms with Crippen molar-refractivity contribution in [2.45, 2.75) is 20.1 Å². The molecule has 1 aliphatic heterocycles. The quantitative estimate of drug-likeness (QED) is 0.375. The Morgan fingerprint density at radius 2 is 1.76 bits per heavy atom. The second-order valence-electron chi connectivity index (χ2n) is 7.53. The number of rotatable bonds is 8. The summed E-state index contributed by atoms with van der Waals surface area (Å²) in [6.45, 7) is 2.18. The second kappa shape index (κ2) is 10.2. The zero-order valence-electron chi connectivity index (χ0n) is 18.4. The monoisotopic (exact) mass is 464 g/mol. The Bertz CT molecular complexity index is 1260. The fraction of sp³-hybridized carbons (Fsp3) is 0.154. The number of imide groups is 1. The van der Waals surface area contributed by atoms with Gasteiger partial charge in [-0.1, -0.05) is 36.4 Å². The first-order chi connectivity index (χ1) is 16.4. The molecule has 0 bridgehead atoms. The topological polar surface area (TPSA) is 67.9 Å². The van der Waals surface area contributed by atoms with Crippen LogP contribution >= 0.6 is 0 Å². The average molecular weight is 464 g/mol. The standard InChI is InChI=1S/C26H22F2N2O4/c1-2-33-24-14-17(10-11-23(24)34-16-18-6-5-8-20(27)12-18)13-22-25(31)30(26(32)29-22)15-19-7-3-4-9-21(19)28/h3-14H,2,15-16H2,1H3,(H,29,32)/b22-13+. The van der Waals surface area contributed by atoms with Crippen molar-refractivity contribution in [1.82, 2.24) is 10.2 Å². The Morgan fingerprint density at radius 1 is 0.941 bits per heavy atom. The molecule has 34 heavy (non-hydrogen) atoms. The first-order valence-corrected chi connectivity index (χ1v) is 10.7. The maximum atomic E-state index is 14.0. The van der Waals surface area contributed by atoms with Crippen molar-refractivity contribution in [3.05, 3.63) is 101 Å². The molecule has 3 aromatic carbocycles. The summed E-state index contributed by atoms with van der Waals surface area (Å²) >= 11 is 0. The second-order valence-corrected chi connectivity index (χ2v) is 7.53. The number of hydrogen-bond donors (Lipinski definition) is 1. The van der Waals surface area contributed by atoms with Gasteiger partial charge in [0.25, 0.3) is 5.91 Å². The van der Waals surface area contributed by atoms with Crippen molar-refractivity contribution < 1.29 is 27.8 Å². The molecule has 1 saturated heterocycles. The maximum absolute atomic E-state index is 14.0.